The summed E-state index contributed by atoms with van der Waals surface area (Å²) in [4.78, 5) is 0.555. The molecule has 19 heavy (non-hydrogen) atoms. The number of hydrogen-bond acceptors (Lipinski definition) is 2. The van der Waals surface area contributed by atoms with E-state index >= 15 is 0 Å². The van der Waals surface area contributed by atoms with E-state index < -0.39 is 23.7 Å². The standard InChI is InChI=1S/C13H10F4OS/c1-7-4-5-19-12(7)11(18)8-2-3-10(14)9(6-8)13(15,16)17/h2-6,11,18H,1H3. The number of thiophene rings is 1. The molecule has 0 fully saturated rings. The van der Waals surface area contributed by atoms with Crippen LogP contribution in [-0.2, 0) is 6.18 Å². The van der Waals surface area contributed by atoms with Crippen LogP contribution < -0.4 is 0 Å². The van der Waals surface area contributed by atoms with Crippen molar-refractivity contribution in [3.63, 3.8) is 0 Å². The number of aliphatic hydroxyl groups excluding tert-OH is 1. The fourth-order valence-electron chi connectivity index (χ4n) is 1.75. The number of aryl methyl sites for hydroxylation is 1. The van der Waals surface area contributed by atoms with Gasteiger partial charge in [0.15, 0.2) is 0 Å². The lowest BCUT2D eigenvalue weighted by Crippen LogP contribution is -2.10. The largest absolute Gasteiger partial charge is 0.419 e. The van der Waals surface area contributed by atoms with Crippen molar-refractivity contribution in [1.29, 1.82) is 0 Å². The molecule has 0 amide bonds. The Morgan fingerprint density at radius 1 is 1.21 bits per heavy atom. The predicted molar refractivity (Wildman–Crippen MR) is 64.5 cm³/mol. The third-order valence-corrected chi connectivity index (χ3v) is 3.83. The molecule has 0 aliphatic carbocycles. The van der Waals surface area contributed by atoms with Crippen LogP contribution in [0, 0.1) is 12.7 Å². The summed E-state index contributed by atoms with van der Waals surface area (Å²) in [7, 11) is 0. The van der Waals surface area contributed by atoms with E-state index in [0.717, 1.165) is 17.7 Å². The Labute approximate surface area is 111 Å². The van der Waals surface area contributed by atoms with Gasteiger partial charge in [-0.1, -0.05) is 6.07 Å². The van der Waals surface area contributed by atoms with E-state index in [-0.39, 0.29) is 5.56 Å². The summed E-state index contributed by atoms with van der Waals surface area (Å²) in [6.07, 6.45) is -5.95. The van der Waals surface area contributed by atoms with Crippen molar-refractivity contribution in [2.24, 2.45) is 0 Å². The highest BCUT2D eigenvalue weighted by Gasteiger charge is 2.34. The van der Waals surface area contributed by atoms with Crippen molar-refractivity contribution < 1.29 is 22.7 Å². The maximum Gasteiger partial charge on any atom is 0.419 e. The molecule has 0 spiro atoms. The van der Waals surface area contributed by atoms with Gasteiger partial charge in [-0.25, -0.2) is 4.39 Å². The van der Waals surface area contributed by atoms with Gasteiger partial charge < -0.3 is 5.11 Å². The van der Waals surface area contributed by atoms with Crippen molar-refractivity contribution in [3.8, 4) is 0 Å². The number of rotatable bonds is 2. The number of alkyl halides is 3. The topological polar surface area (TPSA) is 20.2 Å². The highest BCUT2D eigenvalue weighted by atomic mass is 32.1. The normalized spacial score (nSPS) is 13.6. The van der Waals surface area contributed by atoms with Gasteiger partial charge >= 0.3 is 6.18 Å². The quantitative estimate of drug-likeness (QED) is 0.818. The second-order valence-corrected chi connectivity index (χ2v) is 5.06. The molecule has 0 bridgehead atoms. The lowest BCUT2D eigenvalue weighted by atomic mass is 10.0. The molecular formula is C13H10F4OS. The lowest BCUT2D eigenvalue weighted by Gasteiger charge is -2.14. The Hall–Kier alpha value is -1.40. The zero-order valence-electron chi connectivity index (χ0n) is 9.83. The first-order chi connectivity index (χ1) is 8.80. The second kappa shape index (κ2) is 4.94. The first-order valence-electron chi connectivity index (χ1n) is 5.39. The molecule has 1 unspecified atom stereocenters. The summed E-state index contributed by atoms with van der Waals surface area (Å²) in [6.45, 7) is 1.75. The molecule has 102 valence electrons. The van der Waals surface area contributed by atoms with Gasteiger partial charge in [0.1, 0.15) is 11.9 Å². The number of hydrogen-bond donors (Lipinski definition) is 1. The van der Waals surface area contributed by atoms with Crippen LogP contribution in [-0.4, -0.2) is 5.11 Å². The maximum absolute atomic E-state index is 13.2. The Balaban J connectivity index is 2.44. The van der Waals surface area contributed by atoms with E-state index in [9.17, 15) is 22.7 Å². The van der Waals surface area contributed by atoms with Crippen LogP contribution in [0.3, 0.4) is 0 Å². The van der Waals surface area contributed by atoms with Crippen molar-refractivity contribution in [2.45, 2.75) is 19.2 Å². The first kappa shape index (κ1) is 14.0. The summed E-state index contributed by atoms with van der Waals surface area (Å²) >= 11 is 1.25. The zero-order chi connectivity index (χ0) is 14.2. The summed E-state index contributed by atoms with van der Waals surface area (Å²) in [5.74, 6) is -1.34. The summed E-state index contributed by atoms with van der Waals surface area (Å²) < 4.78 is 50.9. The first-order valence-corrected chi connectivity index (χ1v) is 6.27. The van der Waals surface area contributed by atoms with Gasteiger partial charge in [0.25, 0.3) is 0 Å². The molecule has 0 saturated heterocycles. The van der Waals surface area contributed by atoms with Crippen molar-refractivity contribution >= 4 is 11.3 Å². The van der Waals surface area contributed by atoms with Crippen LogP contribution in [0.4, 0.5) is 17.6 Å². The third kappa shape index (κ3) is 2.79. The summed E-state index contributed by atoms with van der Waals surface area (Å²) in [5, 5.41) is 11.8. The molecule has 2 aromatic rings. The van der Waals surface area contributed by atoms with Gasteiger partial charge in [-0.2, -0.15) is 13.2 Å². The Morgan fingerprint density at radius 2 is 1.89 bits per heavy atom. The van der Waals surface area contributed by atoms with E-state index in [4.69, 9.17) is 0 Å². The van der Waals surface area contributed by atoms with Gasteiger partial charge in [0, 0.05) is 4.88 Å². The second-order valence-electron chi connectivity index (χ2n) is 4.11. The van der Waals surface area contributed by atoms with E-state index in [1.807, 2.05) is 0 Å². The molecule has 0 aliphatic rings. The molecule has 1 N–H and O–H groups in total. The molecule has 0 radical (unpaired) electrons. The van der Waals surface area contributed by atoms with Crippen LogP contribution in [0.15, 0.2) is 29.6 Å². The fraction of sp³-hybridized carbons (Fsp3) is 0.231. The van der Waals surface area contributed by atoms with Crippen molar-refractivity contribution in [1.82, 2.24) is 0 Å². The van der Waals surface area contributed by atoms with Gasteiger partial charge in [0.2, 0.25) is 0 Å². The molecular weight excluding hydrogens is 280 g/mol. The Kier molecular flexibility index (Phi) is 3.64. The van der Waals surface area contributed by atoms with Crippen LogP contribution in [0.2, 0.25) is 0 Å². The highest BCUT2D eigenvalue weighted by molar-refractivity contribution is 7.10. The molecule has 0 saturated carbocycles. The fourth-order valence-corrected chi connectivity index (χ4v) is 2.68. The molecule has 1 heterocycles. The van der Waals surface area contributed by atoms with E-state index in [2.05, 4.69) is 0 Å². The van der Waals surface area contributed by atoms with Crippen molar-refractivity contribution in [2.75, 3.05) is 0 Å². The Bertz CT molecular complexity index is 589. The third-order valence-electron chi connectivity index (χ3n) is 2.76. The molecule has 1 aromatic heterocycles. The molecule has 0 aliphatic heterocycles. The van der Waals surface area contributed by atoms with Crippen LogP contribution >= 0.6 is 11.3 Å². The van der Waals surface area contributed by atoms with Crippen LogP contribution in [0.1, 0.15) is 27.7 Å². The number of aliphatic hydroxyl groups is 1. The minimum Gasteiger partial charge on any atom is -0.383 e. The smallest absolute Gasteiger partial charge is 0.383 e. The van der Waals surface area contributed by atoms with Gasteiger partial charge in [0.05, 0.1) is 5.56 Å². The molecule has 1 aromatic carbocycles. The highest BCUT2D eigenvalue weighted by Crippen LogP contribution is 2.35. The van der Waals surface area contributed by atoms with Gasteiger partial charge in [-0.15, -0.1) is 11.3 Å². The predicted octanol–water partition coefficient (Wildman–Crippen LogP) is 4.30. The molecule has 2 rings (SSSR count). The molecule has 6 heteroatoms. The molecule has 1 nitrogen and oxygen atoms in total. The maximum atomic E-state index is 13.2. The van der Waals surface area contributed by atoms with E-state index in [0.29, 0.717) is 10.9 Å². The average Bonchev–Trinajstić information content (AvgIpc) is 2.73. The van der Waals surface area contributed by atoms with Crippen molar-refractivity contribution in [3.05, 3.63) is 57.0 Å². The van der Waals surface area contributed by atoms with E-state index in [1.54, 1.807) is 18.4 Å². The SMILES string of the molecule is Cc1ccsc1C(O)c1ccc(F)c(C(F)(F)F)c1. The zero-order valence-corrected chi connectivity index (χ0v) is 10.6. The molecule has 1 atom stereocenters. The summed E-state index contributed by atoms with van der Waals surface area (Å²) in [5.41, 5.74) is -0.548. The monoisotopic (exact) mass is 290 g/mol. The average molecular weight is 290 g/mol. The van der Waals surface area contributed by atoms with Gasteiger partial charge in [-0.05, 0) is 41.6 Å². The number of benzene rings is 1. The van der Waals surface area contributed by atoms with Crippen LogP contribution in [0.5, 0.6) is 0 Å². The lowest BCUT2D eigenvalue weighted by molar-refractivity contribution is -0.140. The van der Waals surface area contributed by atoms with Gasteiger partial charge in [-0.3, -0.25) is 0 Å². The number of halogens is 4. The summed E-state index contributed by atoms with van der Waals surface area (Å²) in [6, 6.07) is 4.30. The minimum absolute atomic E-state index is 0.0271. The Morgan fingerprint density at radius 3 is 2.42 bits per heavy atom. The van der Waals surface area contributed by atoms with E-state index in [1.165, 1.54) is 11.3 Å². The minimum atomic E-state index is -4.77. The van der Waals surface area contributed by atoms with Crippen LogP contribution in [0.25, 0.3) is 0 Å².